The summed E-state index contributed by atoms with van der Waals surface area (Å²) < 4.78 is 1.99. The Morgan fingerprint density at radius 1 is 1.09 bits per heavy atom. The molecule has 1 fully saturated rings. The molecule has 1 N–H and O–H groups in total. The first kappa shape index (κ1) is 13.1. The van der Waals surface area contributed by atoms with Gasteiger partial charge in [-0.25, -0.2) is 0 Å². The minimum Gasteiger partial charge on any atom is -0.377 e. The summed E-state index contributed by atoms with van der Waals surface area (Å²) in [7, 11) is 3.49. The average Bonchev–Trinajstić information content (AvgIpc) is 3.25. The highest BCUT2D eigenvalue weighted by Crippen LogP contribution is 2.34. The summed E-state index contributed by atoms with van der Waals surface area (Å²) in [6.45, 7) is 0. The molecule has 2 aliphatic rings. The summed E-state index contributed by atoms with van der Waals surface area (Å²) in [6, 6.07) is 8.24. The Bertz CT molecular complexity index is 843. The molecule has 1 aliphatic heterocycles. The van der Waals surface area contributed by atoms with E-state index in [1.54, 1.807) is 0 Å². The van der Waals surface area contributed by atoms with E-state index in [0.29, 0.717) is 17.3 Å². The largest absolute Gasteiger partial charge is 0.377 e. The molecule has 0 spiro atoms. The van der Waals surface area contributed by atoms with Crippen molar-refractivity contribution in [1.82, 2.24) is 14.8 Å². The van der Waals surface area contributed by atoms with E-state index < -0.39 is 0 Å². The Labute approximate surface area is 128 Å². The molecule has 1 saturated carbocycles. The number of hydrogen-bond acceptors (Lipinski definition) is 3. The predicted octanol–water partition coefficient (Wildman–Crippen LogP) is 1.64. The lowest BCUT2D eigenvalue weighted by Crippen LogP contribution is -2.30. The lowest BCUT2D eigenvalue weighted by molar-refractivity contribution is -0.135. The number of carbonyl (C=O) groups excluding carboxylic acids is 2. The predicted molar refractivity (Wildman–Crippen MR) is 83.8 cm³/mol. The molecule has 1 aliphatic carbocycles. The average molecular weight is 295 g/mol. The van der Waals surface area contributed by atoms with E-state index in [0.717, 1.165) is 29.3 Å². The highest BCUT2D eigenvalue weighted by atomic mass is 16.2. The lowest BCUT2D eigenvalue weighted by atomic mass is 10.0. The zero-order valence-corrected chi connectivity index (χ0v) is 12.6. The topological polar surface area (TPSA) is 54.3 Å². The van der Waals surface area contributed by atoms with Crippen LogP contribution in [0.5, 0.6) is 0 Å². The summed E-state index contributed by atoms with van der Waals surface area (Å²) in [5.41, 5.74) is 2.82. The van der Waals surface area contributed by atoms with Gasteiger partial charge >= 0.3 is 0 Å². The Hall–Kier alpha value is -2.56. The van der Waals surface area contributed by atoms with Crippen LogP contribution in [0.4, 0.5) is 0 Å². The van der Waals surface area contributed by atoms with Crippen molar-refractivity contribution in [3.8, 4) is 0 Å². The number of carbonyl (C=O) groups is 2. The SMILES string of the molecule is CN1C(=O)C(NC2CC2)=C(c2cn(C)c3ccccc23)C1=O. The number of amides is 2. The van der Waals surface area contributed by atoms with Gasteiger partial charge in [0.15, 0.2) is 0 Å². The molecule has 0 radical (unpaired) electrons. The zero-order valence-electron chi connectivity index (χ0n) is 12.6. The smallest absolute Gasteiger partial charge is 0.277 e. The van der Waals surface area contributed by atoms with Gasteiger partial charge in [-0.2, -0.15) is 0 Å². The molecule has 0 atom stereocenters. The van der Waals surface area contributed by atoms with Crippen molar-refractivity contribution in [3.63, 3.8) is 0 Å². The molecule has 4 rings (SSSR count). The molecule has 0 saturated heterocycles. The van der Waals surface area contributed by atoms with E-state index in [2.05, 4.69) is 5.32 Å². The molecule has 2 heterocycles. The number of likely N-dealkylation sites (N-methyl/N-ethyl adjacent to an activating group) is 1. The van der Waals surface area contributed by atoms with Gasteiger partial charge in [-0.05, 0) is 18.9 Å². The van der Waals surface area contributed by atoms with Crippen LogP contribution in [0.15, 0.2) is 36.2 Å². The van der Waals surface area contributed by atoms with Crippen LogP contribution in [-0.2, 0) is 16.6 Å². The molecule has 1 aromatic carbocycles. The summed E-state index contributed by atoms with van der Waals surface area (Å²) in [5.74, 6) is -0.468. The van der Waals surface area contributed by atoms with Gasteiger partial charge in [0, 0.05) is 42.8 Å². The van der Waals surface area contributed by atoms with Crippen LogP contribution in [0.2, 0.25) is 0 Å². The number of nitrogens with one attached hydrogen (secondary N) is 1. The zero-order chi connectivity index (χ0) is 15.4. The minimum atomic E-state index is -0.236. The van der Waals surface area contributed by atoms with E-state index in [4.69, 9.17) is 0 Å². The summed E-state index contributed by atoms with van der Waals surface area (Å²) in [4.78, 5) is 26.2. The monoisotopic (exact) mass is 295 g/mol. The van der Waals surface area contributed by atoms with Gasteiger partial charge in [-0.1, -0.05) is 18.2 Å². The Kier molecular flexibility index (Phi) is 2.66. The molecule has 112 valence electrons. The number of benzene rings is 1. The third kappa shape index (κ3) is 1.78. The molecule has 0 bridgehead atoms. The molecule has 1 aromatic heterocycles. The molecular weight excluding hydrogens is 278 g/mol. The third-order valence-corrected chi connectivity index (χ3v) is 4.38. The number of aryl methyl sites for hydroxylation is 1. The van der Waals surface area contributed by atoms with Gasteiger partial charge in [-0.15, -0.1) is 0 Å². The number of imide groups is 1. The van der Waals surface area contributed by atoms with Gasteiger partial charge < -0.3 is 9.88 Å². The molecule has 22 heavy (non-hydrogen) atoms. The van der Waals surface area contributed by atoms with Crippen molar-refractivity contribution in [2.24, 2.45) is 7.05 Å². The van der Waals surface area contributed by atoms with Crippen molar-refractivity contribution < 1.29 is 9.59 Å². The van der Waals surface area contributed by atoms with Crippen LogP contribution < -0.4 is 5.32 Å². The highest BCUT2D eigenvalue weighted by Gasteiger charge is 2.39. The first-order valence-corrected chi connectivity index (χ1v) is 7.45. The van der Waals surface area contributed by atoms with Crippen LogP contribution in [0.1, 0.15) is 18.4 Å². The normalized spacial score (nSPS) is 18.7. The highest BCUT2D eigenvalue weighted by molar-refractivity contribution is 6.37. The Morgan fingerprint density at radius 2 is 1.82 bits per heavy atom. The van der Waals surface area contributed by atoms with Crippen molar-refractivity contribution in [3.05, 3.63) is 41.7 Å². The molecule has 2 aromatic rings. The second-order valence-electron chi connectivity index (χ2n) is 6.01. The molecule has 0 unspecified atom stereocenters. The van der Waals surface area contributed by atoms with Crippen LogP contribution in [0.25, 0.3) is 16.5 Å². The van der Waals surface area contributed by atoms with Crippen LogP contribution in [-0.4, -0.2) is 34.4 Å². The van der Waals surface area contributed by atoms with Gasteiger partial charge in [0.1, 0.15) is 5.70 Å². The van der Waals surface area contributed by atoms with Gasteiger partial charge in [0.2, 0.25) is 0 Å². The number of rotatable bonds is 3. The van der Waals surface area contributed by atoms with E-state index in [9.17, 15) is 9.59 Å². The van der Waals surface area contributed by atoms with Gasteiger partial charge in [0.25, 0.3) is 11.8 Å². The molecule has 2 amide bonds. The summed E-state index contributed by atoms with van der Waals surface area (Å²) >= 11 is 0. The van der Waals surface area contributed by atoms with Crippen LogP contribution in [0.3, 0.4) is 0 Å². The summed E-state index contributed by atoms with van der Waals surface area (Å²) in [5, 5.41) is 4.24. The summed E-state index contributed by atoms with van der Waals surface area (Å²) in [6.07, 6.45) is 4.04. The van der Waals surface area contributed by atoms with Crippen molar-refractivity contribution in [1.29, 1.82) is 0 Å². The van der Waals surface area contributed by atoms with Crippen molar-refractivity contribution >= 4 is 28.3 Å². The maximum atomic E-state index is 12.6. The van der Waals surface area contributed by atoms with Gasteiger partial charge in [-0.3, -0.25) is 14.5 Å². The van der Waals surface area contributed by atoms with Crippen LogP contribution >= 0.6 is 0 Å². The number of hydrogen-bond donors (Lipinski definition) is 1. The maximum Gasteiger partial charge on any atom is 0.277 e. The fourth-order valence-electron chi connectivity index (χ4n) is 3.00. The lowest BCUT2D eigenvalue weighted by Gasteiger charge is -2.07. The molecule has 5 nitrogen and oxygen atoms in total. The van der Waals surface area contributed by atoms with E-state index in [1.165, 1.54) is 11.9 Å². The first-order chi connectivity index (χ1) is 10.6. The van der Waals surface area contributed by atoms with E-state index in [1.807, 2.05) is 42.1 Å². The van der Waals surface area contributed by atoms with E-state index in [-0.39, 0.29) is 11.8 Å². The Morgan fingerprint density at radius 3 is 2.55 bits per heavy atom. The second kappa shape index (κ2) is 4.47. The maximum absolute atomic E-state index is 12.6. The standard InChI is InChI=1S/C17H17N3O2/c1-19-9-12(11-5-3-4-6-13(11)19)14-15(18-10-7-8-10)17(22)20(2)16(14)21/h3-6,9-10,18H,7-8H2,1-2H3. The fourth-order valence-corrected chi connectivity index (χ4v) is 3.00. The van der Waals surface area contributed by atoms with Crippen LogP contribution in [0, 0.1) is 0 Å². The third-order valence-electron chi connectivity index (χ3n) is 4.38. The number of para-hydroxylation sites is 1. The van der Waals surface area contributed by atoms with Crippen molar-refractivity contribution in [2.45, 2.75) is 18.9 Å². The first-order valence-electron chi connectivity index (χ1n) is 7.45. The number of fused-ring (bicyclic) bond motifs is 1. The molecule has 5 heteroatoms. The van der Waals surface area contributed by atoms with E-state index >= 15 is 0 Å². The van der Waals surface area contributed by atoms with Crippen molar-refractivity contribution in [2.75, 3.05) is 7.05 Å². The Balaban J connectivity index is 1.95. The number of aromatic nitrogens is 1. The molecular formula is C17H17N3O2. The fraction of sp³-hybridized carbons (Fsp3) is 0.294. The van der Waals surface area contributed by atoms with Gasteiger partial charge in [0.05, 0.1) is 5.57 Å². The quantitative estimate of drug-likeness (QED) is 0.876. The second-order valence-corrected chi connectivity index (χ2v) is 6.01. The minimum absolute atomic E-state index is 0.232. The number of nitrogens with zero attached hydrogens (tertiary/aromatic N) is 2.